The monoisotopic (exact) mass is 278 g/mol. The number of thioether (sulfide) groups is 1. The molecule has 1 N–H and O–H groups in total. The van der Waals surface area contributed by atoms with Crippen molar-refractivity contribution in [2.75, 3.05) is 13.3 Å². The molecule has 4 nitrogen and oxygen atoms in total. The summed E-state index contributed by atoms with van der Waals surface area (Å²) in [6.45, 7) is 0.506. The van der Waals surface area contributed by atoms with Crippen LogP contribution in [-0.2, 0) is 16.1 Å². The second-order valence-electron chi connectivity index (χ2n) is 4.62. The van der Waals surface area contributed by atoms with E-state index in [0.717, 1.165) is 5.56 Å². The highest BCUT2D eigenvalue weighted by atomic mass is 32.2. The van der Waals surface area contributed by atoms with E-state index in [2.05, 4.69) is 5.32 Å². The van der Waals surface area contributed by atoms with Gasteiger partial charge in [-0.1, -0.05) is 12.1 Å². The van der Waals surface area contributed by atoms with Crippen LogP contribution >= 0.6 is 11.8 Å². The minimum atomic E-state index is -0.307. The summed E-state index contributed by atoms with van der Waals surface area (Å²) in [5.74, 6) is -0.0215. The van der Waals surface area contributed by atoms with Crippen molar-refractivity contribution in [3.63, 3.8) is 0 Å². The number of hydrogen-bond donors (Lipinski definition) is 1. The van der Waals surface area contributed by atoms with E-state index < -0.39 is 0 Å². The van der Waals surface area contributed by atoms with Crippen molar-refractivity contribution in [3.05, 3.63) is 29.8 Å². The minimum Gasteiger partial charge on any atom is -0.350 e. The van der Waals surface area contributed by atoms with Crippen LogP contribution in [0, 0.1) is 0 Å². The molecule has 2 rings (SSSR count). The maximum Gasteiger partial charge on any atom is 0.243 e. The van der Waals surface area contributed by atoms with Gasteiger partial charge in [0, 0.05) is 24.9 Å². The number of amides is 2. The van der Waals surface area contributed by atoms with Crippen LogP contribution in [0.3, 0.4) is 0 Å². The van der Waals surface area contributed by atoms with Crippen molar-refractivity contribution in [1.82, 2.24) is 10.2 Å². The van der Waals surface area contributed by atoms with Crippen molar-refractivity contribution in [3.8, 4) is 0 Å². The number of likely N-dealkylation sites (tertiary alicyclic amines) is 1. The Morgan fingerprint density at radius 2 is 2.11 bits per heavy atom. The number of likely N-dealkylation sites (N-methyl/N-ethyl adjacent to an activating group) is 1. The van der Waals surface area contributed by atoms with Gasteiger partial charge in [0.1, 0.15) is 6.04 Å². The van der Waals surface area contributed by atoms with Crippen LogP contribution in [0.25, 0.3) is 0 Å². The Labute approximate surface area is 117 Å². The smallest absolute Gasteiger partial charge is 0.243 e. The summed E-state index contributed by atoms with van der Waals surface area (Å²) in [5.41, 5.74) is 1.07. The van der Waals surface area contributed by atoms with Crippen LogP contribution in [0.15, 0.2) is 29.2 Å². The summed E-state index contributed by atoms with van der Waals surface area (Å²) in [5, 5.41) is 2.89. The fraction of sp³-hybridized carbons (Fsp3) is 0.429. The lowest BCUT2D eigenvalue weighted by atomic mass is 10.2. The van der Waals surface area contributed by atoms with Crippen molar-refractivity contribution >= 4 is 23.6 Å². The first-order chi connectivity index (χ1) is 9.11. The molecule has 1 heterocycles. The van der Waals surface area contributed by atoms with Gasteiger partial charge in [-0.25, -0.2) is 0 Å². The summed E-state index contributed by atoms with van der Waals surface area (Å²) in [4.78, 5) is 26.1. The lowest BCUT2D eigenvalue weighted by Gasteiger charge is -2.19. The molecular weight excluding hydrogens is 260 g/mol. The third kappa shape index (κ3) is 3.29. The molecule has 1 aromatic rings. The van der Waals surface area contributed by atoms with E-state index in [9.17, 15) is 9.59 Å². The SMILES string of the molecule is CSc1ccc(CNC(=O)[C@H]2CCC(=O)N2C)cc1. The van der Waals surface area contributed by atoms with E-state index in [1.54, 1.807) is 18.8 Å². The van der Waals surface area contributed by atoms with Gasteiger partial charge in [0.25, 0.3) is 0 Å². The zero-order valence-electron chi connectivity index (χ0n) is 11.2. The molecule has 2 amide bonds. The molecule has 102 valence electrons. The van der Waals surface area contributed by atoms with Crippen LogP contribution < -0.4 is 5.32 Å². The summed E-state index contributed by atoms with van der Waals surface area (Å²) in [6.07, 6.45) is 3.12. The molecule has 1 saturated heterocycles. The number of carbonyl (C=O) groups is 2. The molecule has 5 heteroatoms. The Kier molecular flexibility index (Phi) is 4.47. The van der Waals surface area contributed by atoms with Gasteiger partial charge in [-0.05, 0) is 30.4 Å². The lowest BCUT2D eigenvalue weighted by molar-refractivity contribution is -0.133. The number of hydrogen-bond acceptors (Lipinski definition) is 3. The fourth-order valence-electron chi connectivity index (χ4n) is 2.16. The molecule has 19 heavy (non-hydrogen) atoms. The molecule has 0 unspecified atom stereocenters. The summed E-state index contributed by atoms with van der Waals surface area (Å²) in [6, 6.07) is 7.79. The van der Waals surface area contributed by atoms with E-state index in [4.69, 9.17) is 0 Å². The normalized spacial score (nSPS) is 18.7. The maximum atomic E-state index is 12.0. The molecule has 0 aliphatic carbocycles. The fourth-order valence-corrected chi connectivity index (χ4v) is 2.57. The molecule has 1 aromatic carbocycles. The average molecular weight is 278 g/mol. The van der Waals surface area contributed by atoms with Crippen molar-refractivity contribution in [2.24, 2.45) is 0 Å². The zero-order valence-corrected chi connectivity index (χ0v) is 12.0. The van der Waals surface area contributed by atoms with Crippen LogP contribution in [0.4, 0.5) is 0 Å². The molecule has 0 saturated carbocycles. The Morgan fingerprint density at radius 1 is 1.42 bits per heavy atom. The molecule has 0 bridgehead atoms. The summed E-state index contributed by atoms with van der Waals surface area (Å²) < 4.78 is 0. The lowest BCUT2D eigenvalue weighted by Crippen LogP contribution is -2.42. The molecule has 0 radical (unpaired) electrons. The highest BCUT2D eigenvalue weighted by Gasteiger charge is 2.32. The number of nitrogens with one attached hydrogen (secondary N) is 1. The Balaban J connectivity index is 1.87. The Hall–Kier alpha value is -1.49. The van der Waals surface area contributed by atoms with Crippen LogP contribution in [0.5, 0.6) is 0 Å². The van der Waals surface area contributed by atoms with Crippen LogP contribution in [0.1, 0.15) is 18.4 Å². The number of benzene rings is 1. The number of carbonyl (C=O) groups excluding carboxylic acids is 2. The molecule has 1 aliphatic rings. The van der Waals surface area contributed by atoms with Gasteiger partial charge in [0.05, 0.1) is 0 Å². The van der Waals surface area contributed by atoms with Gasteiger partial charge < -0.3 is 10.2 Å². The van der Waals surface area contributed by atoms with Crippen molar-refractivity contribution in [1.29, 1.82) is 0 Å². The highest BCUT2D eigenvalue weighted by Crippen LogP contribution is 2.17. The molecule has 1 fully saturated rings. The first-order valence-electron chi connectivity index (χ1n) is 6.28. The first kappa shape index (κ1) is 13.9. The topological polar surface area (TPSA) is 49.4 Å². The number of nitrogens with zero attached hydrogens (tertiary/aromatic N) is 1. The van der Waals surface area contributed by atoms with Crippen LogP contribution in [-0.4, -0.2) is 36.1 Å². The Morgan fingerprint density at radius 3 is 2.63 bits per heavy atom. The first-order valence-corrected chi connectivity index (χ1v) is 7.50. The quantitative estimate of drug-likeness (QED) is 0.852. The summed E-state index contributed by atoms with van der Waals surface area (Å²) in [7, 11) is 1.69. The van der Waals surface area contributed by atoms with Gasteiger partial charge in [-0.2, -0.15) is 0 Å². The largest absolute Gasteiger partial charge is 0.350 e. The third-order valence-electron chi connectivity index (χ3n) is 3.42. The van der Waals surface area contributed by atoms with Crippen LogP contribution in [0.2, 0.25) is 0 Å². The van der Waals surface area contributed by atoms with Gasteiger partial charge in [0.2, 0.25) is 11.8 Å². The van der Waals surface area contributed by atoms with E-state index in [1.165, 1.54) is 9.80 Å². The van der Waals surface area contributed by atoms with Gasteiger partial charge >= 0.3 is 0 Å². The summed E-state index contributed by atoms with van der Waals surface area (Å²) >= 11 is 1.69. The van der Waals surface area contributed by atoms with E-state index in [-0.39, 0.29) is 17.9 Å². The third-order valence-corrected chi connectivity index (χ3v) is 4.16. The van der Waals surface area contributed by atoms with E-state index >= 15 is 0 Å². The minimum absolute atomic E-state index is 0.0458. The maximum absolute atomic E-state index is 12.0. The van der Waals surface area contributed by atoms with E-state index in [1.807, 2.05) is 30.5 Å². The van der Waals surface area contributed by atoms with Crippen molar-refractivity contribution < 1.29 is 9.59 Å². The van der Waals surface area contributed by atoms with Gasteiger partial charge in [-0.3, -0.25) is 9.59 Å². The van der Waals surface area contributed by atoms with Gasteiger partial charge in [-0.15, -0.1) is 11.8 Å². The predicted molar refractivity (Wildman–Crippen MR) is 75.9 cm³/mol. The van der Waals surface area contributed by atoms with Gasteiger partial charge in [0.15, 0.2) is 0 Å². The second-order valence-corrected chi connectivity index (χ2v) is 5.50. The highest BCUT2D eigenvalue weighted by molar-refractivity contribution is 7.98. The average Bonchev–Trinajstić information content (AvgIpc) is 2.77. The zero-order chi connectivity index (χ0) is 13.8. The van der Waals surface area contributed by atoms with Crippen molar-refractivity contribution in [2.45, 2.75) is 30.3 Å². The second kappa shape index (κ2) is 6.10. The van der Waals surface area contributed by atoms with E-state index in [0.29, 0.717) is 19.4 Å². The Bertz CT molecular complexity index is 473. The number of rotatable bonds is 4. The molecule has 1 atom stereocenters. The molecule has 0 aromatic heterocycles. The standard InChI is InChI=1S/C14H18N2O2S/c1-16-12(7-8-13(16)17)14(18)15-9-10-3-5-11(19-2)6-4-10/h3-6,12H,7-9H2,1-2H3,(H,15,18)/t12-/m1/s1. The molecule has 1 aliphatic heterocycles. The predicted octanol–water partition coefficient (Wildman–Crippen LogP) is 1.65. The molecular formula is C14H18N2O2S. The molecule has 0 spiro atoms.